The predicted molar refractivity (Wildman–Crippen MR) is 142 cm³/mol. The van der Waals surface area contributed by atoms with E-state index < -0.39 is 17.7 Å². The Morgan fingerprint density at radius 2 is 1.62 bits per heavy atom. The molecule has 4 aromatic rings. The van der Waals surface area contributed by atoms with Crippen LogP contribution in [0.5, 0.6) is 17.2 Å². The number of hydrogen-bond donors (Lipinski definition) is 1. The lowest BCUT2D eigenvalue weighted by Crippen LogP contribution is -2.29. The fourth-order valence-electron chi connectivity index (χ4n) is 4.40. The van der Waals surface area contributed by atoms with Crippen LogP contribution in [0.15, 0.2) is 66.2 Å². The Balaban J connectivity index is 1.77. The van der Waals surface area contributed by atoms with Gasteiger partial charge in [0.25, 0.3) is 5.78 Å². The summed E-state index contributed by atoms with van der Waals surface area (Å²) in [6.07, 6.45) is 0. The number of thiazole rings is 1. The fraction of sp³-hybridized carbons (Fsp3) is 0.179. The van der Waals surface area contributed by atoms with Gasteiger partial charge in [0.2, 0.25) is 0 Å². The number of amides is 1. The van der Waals surface area contributed by atoms with Crippen molar-refractivity contribution in [2.45, 2.75) is 13.0 Å². The summed E-state index contributed by atoms with van der Waals surface area (Å²) in [7, 11) is 4.56. The molecule has 1 aromatic heterocycles. The summed E-state index contributed by atoms with van der Waals surface area (Å²) >= 11 is 1.30. The van der Waals surface area contributed by atoms with E-state index in [1.54, 1.807) is 42.5 Å². The van der Waals surface area contributed by atoms with E-state index >= 15 is 0 Å². The van der Waals surface area contributed by atoms with Gasteiger partial charge in [0.1, 0.15) is 29.0 Å². The maximum absolute atomic E-state index is 13.5. The first-order valence-corrected chi connectivity index (χ1v) is 12.2. The number of hydrogen-bond acceptors (Lipinski definition) is 8. The highest BCUT2D eigenvalue weighted by molar-refractivity contribution is 7.22. The molecule has 0 aliphatic carbocycles. The number of fused-ring (bicyclic) bond motifs is 1. The lowest BCUT2D eigenvalue weighted by molar-refractivity contribution is -0.132. The number of methoxy groups -OCH3 is 3. The van der Waals surface area contributed by atoms with Gasteiger partial charge in [-0.3, -0.25) is 14.5 Å². The number of aromatic nitrogens is 1. The van der Waals surface area contributed by atoms with Gasteiger partial charge in [-0.25, -0.2) is 4.98 Å². The van der Waals surface area contributed by atoms with Gasteiger partial charge in [0, 0.05) is 11.1 Å². The van der Waals surface area contributed by atoms with Crippen molar-refractivity contribution >= 4 is 44.1 Å². The lowest BCUT2D eigenvalue weighted by Gasteiger charge is -2.25. The van der Waals surface area contributed by atoms with Gasteiger partial charge in [-0.2, -0.15) is 0 Å². The molecule has 0 bridgehead atoms. The molecule has 2 heterocycles. The van der Waals surface area contributed by atoms with Crippen molar-refractivity contribution in [3.63, 3.8) is 0 Å². The molecule has 1 aliphatic heterocycles. The third-order valence-corrected chi connectivity index (χ3v) is 7.30. The zero-order valence-electron chi connectivity index (χ0n) is 20.6. The maximum atomic E-state index is 13.5. The predicted octanol–water partition coefficient (Wildman–Crippen LogP) is 5.26. The molecule has 8 nitrogen and oxygen atoms in total. The Morgan fingerprint density at radius 1 is 0.919 bits per heavy atom. The molecule has 0 radical (unpaired) electrons. The highest BCUT2D eigenvalue weighted by Gasteiger charge is 2.49. The molecule has 1 unspecified atom stereocenters. The number of carbonyl (C=O) groups excluding carboxylic acids is 2. The number of aliphatic hydroxyl groups excluding tert-OH is 1. The third-order valence-electron chi connectivity index (χ3n) is 6.28. The number of ether oxygens (including phenoxy) is 3. The quantitative estimate of drug-likeness (QED) is 0.212. The number of Topliss-reactive ketones (excluding diaryl/α,β-unsaturated/α-hetero) is 1. The molecule has 3 aromatic carbocycles. The van der Waals surface area contributed by atoms with Crippen molar-refractivity contribution in [3.05, 3.63) is 82.9 Å². The second kappa shape index (κ2) is 9.59. The second-order valence-electron chi connectivity index (χ2n) is 8.47. The van der Waals surface area contributed by atoms with Gasteiger partial charge >= 0.3 is 5.91 Å². The Bertz CT molecular complexity index is 1560. The van der Waals surface area contributed by atoms with Crippen LogP contribution in [0.1, 0.15) is 22.7 Å². The summed E-state index contributed by atoms with van der Waals surface area (Å²) in [5.41, 5.74) is 2.53. The number of carbonyl (C=O) groups is 2. The first-order chi connectivity index (χ1) is 17.9. The molecule has 0 spiro atoms. The van der Waals surface area contributed by atoms with Crippen LogP contribution in [0.3, 0.4) is 0 Å². The Kier molecular flexibility index (Phi) is 6.31. The zero-order chi connectivity index (χ0) is 26.3. The van der Waals surface area contributed by atoms with Crippen molar-refractivity contribution in [2.24, 2.45) is 0 Å². The molecule has 37 heavy (non-hydrogen) atoms. The minimum atomic E-state index is -1.01. The molecule has 188 valence electrons. The number of anilines is 1. The average Bonchev–Trinajstić information content (AvgIpc) is 3.45. The normalized spacial score (nSPS) is 16.9. The lowest BCUT2D eigenvalue weighted by atomic mass is 9.94. The summed E-state index contributed by atoms with van der Waals surface area (Å²) in [4.78, 5) is 33.0. The van der Waals surface area contributed by atoms with Crippen LogP contribution >= 0.6 is 11.3 Å². The topological polar surface area (TPSA) is 98.2 Å². The number of ketones is 1. The monoisotopic (exact) mass is 516 g/mol. The number of benzene rings is 3. The molecule has 1 saturated heterocycles. The second-order valence-corrected chi connectivity index (χ2v) is 9.48. The Morgan fingerprint density at radius 3 is 2.30 bits per heavy atom. The summed E-state index contributed by atoms with van der Waals surface area (Å²) in [5, 5.41) is 11.7. The fourth-order valence-corrected chi connectivity index (χ4v) is 5.49. The van der Waals surface area contributed by atoms with E-state index in [4.69, 9.17) is 14.2 Å². The number of nitrogens with zero attached hydrogens (tertiary/aromatic N) is 2. The van der Waals surface area contributed by atoms with Crippen molar-refractivity contribution < 1.29 is 28.9 Å². The third kappa shape index (κ3) is 4.17. The Hall–Kier alpha value is -4.37. The standard InChI is InChI=1S/C28H24N2O6S/c1-15-5-11-20-22(13-15)37-28(29-20)30-24(19-14-18(35-3)10-12-21(19)36-4)23(26(32)27(30)33)25(31)16-6-8-17(34-2)9-7-16/h5-14,24,31H,1-4H3. The van der Waals surface area contributed by atoms with E-state index in [9.17, 15) is 14.7 Å². The van der Waals surface area contributed by atoms with E-state index in [0.717, 1.165) is 10.3 Å². The van der Waals surface area contributed by atoms with E-state index in [2.05, 4.69) is 4.98 Å². The number of aryl methyl sites for hydroxylation is 1. The summed E-state index contributed by atoms with van der Waals surface area (Å²) in [6, 6.07) is 16.5. The summed E-state index contributed by atoms with van der Waals surface area (Å²) in [6.45, 7) is 1.97. The molecule has 1 N–H and O–H groups in total. The van der Waals surface area contributed by atoms with Crippen LogP contribution in [0.25, 0.3) is 16.0 Å². The SMILES string of the molecule is COc1ccc(C(O)=C2C(=O)C(=O)N(c3nc4ccc(C)cc4s3)C2c2cc(OC)ccc2OC)cc1. The average molecular weight is 517 g/mol. The first kappa shape index (κ1) is 24.3. The maximum Gasteiger partial charge on any atom is 0.301 e. The van der Waals surface area contributed by atoms with Crippen molar-refractivity contribution in [2.75, 3.05) is 26.2 Å². The van der Waals surface area contributed by atoms with Crippen LogP contribution in [0.2, 0.25) is 0 Å². The van der Waals surface area contributed by atoms with E-state index in [0.29, 0.717) is 39.0 Å². The largest absolute Gasteiger partial charge is 0.507 e. The highest BCUT2D eigenvalue weighted by Crippen LogP contribution is 2.47. The molecule has 0 saturated carbocycles. The first-order valence-electron chi connectivity index (χ1n) is 11.4. The minimum absolute atomic E-state index is 0.0721. The van der Waals surface area contributed by atoms with Crippen LogP contribution in [0.4, 0.5) is 5.13 Å². The van der Waals surface area contributed by atoms with Crippen molar-refractivity contribution in [3.8, 4) is 17.2 Å². The highest BCUT2D eigenvalue weighted by atomic mass is 32.1. The number of rotatable bonds is 6. The van der Waals surface area contributed by atoms with Gasteiger partial charge in [-0.1, -0.05) is 17.4 Å². The van der Waals surface area contributed by atoms with Gasteiger partial charge in [-0.15, -0.1) is 0 Å². The minimum Gasteiger partial charge on any atom is -0.507 e. The smallest absolute Gasteiger partial charge is 0.301 e. The van der Waals surface area contributed by atoms with Crippen LogP contribution in [-0.2, 0) is 9.59 Å². The van der Waals surface area contributed by atoms with Crippen LogP contribution in [-0.4, -0.2) is 43.1 Å². The molecular weight excluding hydrogens is 492 g/mol. The molecular formula is C28H24N2O6S. The van der Waals surface area contributed by atoms with E-state index in [-0.39, 0.29) is 11.3 Å². The van der Waals surface area contributed by atoms with Crippen molar-refractivity contribution in [1.29, 1.82) is 0 Å². The van der Waals surface area contributed by atoms with Crippen LogP contribution < -0.4 is 19.1 Å². The summed E-state index contributed by atoms with van der Waals surface area (Å²) in [5.74, 6) is -0.400. The number of aliphatic hydroxyl groups is 1. The van der Waals surface area contributed by atoms with E-state index in [1.165, 1.54) is 37.6 Å². The summed E-state index contributed by atoms with van der Waals surface area (Å²) < 4.78 is 17.1. The van der Waals surface area contributed by atoms with Crippen molar-refractivity contribution in [1.82, 2.24) is 4.98 Å². The zero-order valence-corrected chi connectivity index (χ0v) is 21.5. The van der Waals surface area contributed by atoms with Gasteiger partial charge in [0.15, 0.2) is 5.13 Å². The molecule has 9 heteroatoms. The van der Waals surface area contributed by atoms with Gasteiger partial charge < -0.3 is 19.3 Å². The molecule has 5 rings (SSSR count). The Labute approximate surface area is 217 Å². The molecule has 1 amide bonds. The van der Waals surface area contributed by atoms with Gasteiger partial charge in [-0.05, 0) is 67.1 Å². The van der Waals surface area contributed by atoms with E-state index in [1.807, 2.05) is 25.1 Å². The molecule has 1 aliphatic rings. The van der Waals surface area contributed by atoms with Gasteiger partial charge in [0.05, 0.1) is 37.1 Å². The molecule has 1 fully saturated rings. The van der Waals surface area contributed by atoms with Crippen LogP contribution in [0, 0.1) is 6.92 Å². The molecule has 1 atom stereocenters.